The monoisotopic (exact) mass is 338 g/mol. The van der Waals surface area contributed by atoms with Crippen LogP contribution in [0.1, 0.15) is 29.5 Å². The van der Waals surface area contributed by atoms with Crippen LogP contribution in [0.3, 0.4) is 0 Å². The highest BCUT2D eigenvalue weighted by Crippen LogP contribution is 2.39. The van der Waals surface area contributed by atoms with Gasteiger partial charge < -0.3 is 4.74 Å². The van der Waals surface area contributed by atoms with Gasteiger partial charge in [-0.15, -0.1) is 11.3 Å². The standard InChI is InChI=1S/C15H18N2O3S2/c1-11-5-6-13(20-2)14(10-11)22(18,19)17-8-3-4-12(17)15-16-7-9-21-15/h5-7,9-10,12H,3-4,8H2,1-2H3. The SMILES string of the molecule is COc1ccc(C)cc1S(=O)(=O)N1CCCC1c1nccs1. The Morgan fingerprint density at radius 3 is 2.91 bits per heavy atom. The quantitative estimate of drug-likeness (QED) is 0.860. The second-order valence-corrected chi connectivity index (χ2v) is 8.08. The molecule has 0 saturated carbocycles. The van der Waals surface area contributed by atoms with E-state index < -0.39 is 10.0 Å². The van der Waals surface area contributed by atoms with E-state index in [1.165, 1.54) is 18.4 Å². The first kappa shape index (κ1) is 15.5. The van der Waals surface area contributed by atoms with Crippen molar-refractivity contribution < 1.29 is 13.2 Å². The zero-order valence-corrected chi connectivity index (χ0v) is 14.2. The van der Waals surface area contributed by atoms with Gasteiger partial charge in [0.15, 0.2) is 0 Å². The zero-order valence-electron chi connectivity index (χ0n) is 12.5. The summed E-state index contributed by atoms with van der Waals surface area (Å²) < 4.78 is 33.0. The first-order valence-corrected chi connectivity index (χ1v) is 9.42. The van der Waals surface area contributed by atoms with E-state index in [1.807, 2.05) is 18.4 Å². The second kappa shape index (κ2) is 5.98. The number of aromatic nitrogens is 1. The summed E-state index contributed by atoms with van der Waals surface area (Å²) in [5.41, 5.74) is 0.893. The maximum atomic E-state index is 13.1. The first-order valence-electron chi connectivity index (χ1n) is 7.10. The molecule has 0 bridgehead atoms. The fourth-order valence-corrected chi connectivity index (χ4v) is 5.54. The summed E-state index contributed by atoms with van der Waals surface area (Å²) in [7, 11) is -2.11. The van der Waals surface area contributed by atoms with E-state index in [0.29, 0.717) is 12.3 Å². The van der Waals surface area contributed by atoms with Crippen LogP contribution in [0.15, 0.2) is 34.7 Å². The van der Waals surface area contributed by atoms with E-state index in [4.69, 9.17) is 4.74 Å². The van der Waals surface area contributed by atoms with E-state index in [2.05, 4.69) is 4.98 Å². The van der Waals surface area contributed by atoms with Gasteiger partial charge in [0.1, 0.15) is 15.7 Å². The van der Waals surface area contributed by atoms with Crippen LogP contribution in [0.25, 0.3) is 0 Å². The van der Waals surface area contributed by atoms with E-state index >= 15 is 0 Å². The molecular weight excluding hydrogens is 320 g/mol. The molecule has 1 aliphatic heterocycles. The van der Waals surface area contributed by atoms with Gasteiger partial charge in [0.25, 0.3) is 0 Å². The third kappa shape index (κ3) is 2.64. The molecule has 0 radical (unpaired) electrons. The molecule has 1 saturated heterocycles. The van der Waals surface area contributed by atoms with Crippen molar-refractivity contribution in [1.29, 1.82) is 0 Å². The van der Waals surface area contributed by atoms with Gasteiger partial charge in [-0.05, 0) is 37.5 Å². The van der Waals surface area contributed by atoms with Crippen LogP contribution in [0, 0.1) is 6.92 Å². The van der Waals surface area contributed by atoms with Crippen molar-refractivity contribution in [3.8, 4) is 5.75 Å². The summed E-state index contributed by atoms with van der Waals surface area (Å²) in [6.07, 6.45) is 3.37. The number of benzene rings is 1. The highest BCUT2D eigenvalue weighted by Gasteiger charge is 2.38. The molecule has 5 nitrogen and oxygen atoms in total. The predicted octanol–water partition coefficient (Wildman–Crippen LogP) is 2.99. The number of methoxy groups -OCH3 is 1. The zero-order chi connectivity index (χ0) is 15.7. The fraction of sp³-hybridized carbons (Fsp3) is 0.400. The Morgan fingerprint density at radius 2 is 2.23 bits per heavy atom. The van der Waals surface area contributed by atoms with Crippen LogP contribution in [0.4, 0.5) is 0 Å². The lowest BCUT2D eigenvalue weighted by molar-refractivity contribution is 0.380. The van der Waals surface area contributed by atoms with Crippen LogP contribution in [0.2, 0.25) is 0 Å². The lowest BCUT2D eigenvalue weighted by atomic mass is 10.2. The van der Waals surface area contributed by atoms with Gasteiger partial charge in [-0.1, -0.05) is 6.07 Å². The molecule has 1 fully saturated rings. The Bertz CT molecular complexity index is 757. The van der Waals surface area contributed by atoms with Crippen molar-refractivity contribution in [2.24, 2.45) is 0 Å². The van der Waals surface area contributed by atoms with Crippen LogP contribution >= 0.6 is 11.3 Å². The first-order chi connectivity index (χ1) is 10.5. The summed E-state index contributed by atoms with van der Waals surface area (Å²) in [4.78, 5) is 4.53. The Balaban J connectivity index is 2.04. The van der Waals surface area contributed by atoms with E-state index in [9.17, 15) is 8.42 Å². The molecule has 0 N–H and O–H groups in total. The third-order valence-electron chi connectivity index (χ3n) is 3.85. The van der Waals surface area contributed by atoms with Gasteiger partial charge in [0, 0.05) is 18.1 Å². The lowest BCUT2D eigenvalue weighted by Gasteiger charge is -2.23. The Morgan fingerprint density at radius 1 is 1.41 bits per heavy atom. The summed E-state index contributed by atoms with van der Waals surface area (Å²) in [6.45, 7) is 2.39. The Labute approximate surface area is 134 Å². The molecule has 7 heteroatoms. The maximum absolute atomic E-state index is 13.1. The number of sulfonamides is 1. The minimum atomic E-state index is -3.60. The van der Waals surface area contributed by atoms with Crippen molar-refractivity contribution in [3.05, 3.63) is 40.3 Å². The molecule has 0 amide bonds. The minimum absolute atomic E-state index is 0.171. The van der Waals surface area contributed by atoms with Crippen LogP contribution in [-0.2, 0) is 10.0 Å². The molecular formula is C15H18N2O3S2. The van der Waals surface area contributed by atoms with E-state index in [-0.39, 0.29) is 10.9 Å². The van der Waals surface area contributed by atoms with Gasteiger partial charge >= 0.3 is 0 Å². The maximum Gasteiger partial charge on any atom is 0.247 e. The third-order valence-corrected chi connectivity index (χ3v) is 6.65. The topological polar surface area (TPSA) is 59.5 Å². The number of hydrogen-bond acceptors (Lipinski definition) is 5. The molecule has 0 aliphatic carbocycles. The van der Waals surface area contributed by atoms with Crippen molar-refractivity contribution in [3.63, 3.8) is 0 Å². The summed E-state index contributed by atoms with van der Waals surface area (Å²) >= 11 is 1.50. The molecule has 2 aromatic rings. The molecule has 1 aliphatic rings. The van der Waals surface area contributed by atoms with E-state index in [0.717, 1.165) is 23.4 Å². The van der Waals surface area contributed by atoms with Gasteiger partial charge in [-0.3, -0.25) is 0 Å². The smallest absolute Gasteiger partial charge is 0.247 e. The predicted molar refractivity (Wildman–Crippen MR) is 85.7 cm³/mol. The van der Waals surface area contributed by atoms with Gasteiger partial charge in [0.2, 0.25) is 10.0 Å². The number of rotatable bonds is 4. The molecule has 1 aromatic heterocycles. The van der Waals surface area contributed by atoms with Gasteiger partial charge in [0.05, 0.1) is 13.2 Å². The highest BCUT2D eigenvalue weighted by atomic mass is 32.2. The fourth-order valence-electron chi connectivity index (χ4n) is 2.79. The van der Waals surface area contributed by atoms with Gasteiger partial charge in [-0.2, -0.15) is 4.31 Å². The number of ether oxygens (including phenoxy) is 1. The summed E-state index contributed by atoms with van der Waals surface area (Å²) in [5, 5.41) is 2.74. The second-order valence-electron chi connectivity index (χ2n) is 5.30. The summed E-state index contributed by atoms with van der Waals surface area (Å²) in [6, 6.07) is 5.05. The van der Waals surface area contributed by atoms with Gasteiger partial charge in [-0.25, -0.2) is 13.4 Å². The molecule has 22 heavy (non-hydrogen) atoms. The molecule has 0 spiro atoms. The highest BCUT2D eigenvalue weighted by molar-refractivity contribution is 7.89. The Kier molecular flexibility index (Phi) is 4.20. The molecule has 1 unspecified atom stereocenters. The summed E-state index contributed by atoms with van der Waals surface area (Å²) in [5.74, 6) is 0.385. The number of thiazole rings is 1. The number of nitrogens with zero attached hydrogens (tertiary/aromatic N) is 2. The van der Waals surface area contributed by atoms with Crippen LogP contribution in [-0.4, -0.2) is 31.4 Å². The van der Waals surface area contributed by atoms with Crippen LogP contribution in [0.5, 0.6) is 5.75 Å². The van der Waals surface area contributed by atoms with Crippen LogP contribution < -0.4 is 4.74 Å². The minimum Gasteiger partial charge on any atom is -0.495 e. The molecule has 1 aromatic carbocycles. The normalized spacial score (nSPS) is 19.5. The molecule has 118 valence electrons. The van der Waals surface area contributed by atoms with Crippen molar-refractivity contribution in [2.45, 2.75) is 30.7 Å². The number of aryl methyl sites for hydroxylation is 1. The van der Waals surface area contributed by atoms with Crippen molar-refractivity contribution >= 4 is 21.4 Å². The lowest BCUT2D eigenvalue weighted by Crippen LogP contribution is -2.31. The van der Waals surface area contributed by atoms with Crippen molar-refractivity contribution in [2.75, 3.05) is 13.7 Å². The molecule has 1 atom stereocenters. The average Bonchev–Trinajstić information content (AvgIpc) is 3.18. The molecule has 3 rings (SSSR count). The van der Waals surface area contributed by atoms with E-state index in [1.54, 1.807) is 22.6 Å². The molecule has 2 heterocycles. The number of hydrogen-bond donors (Lipinski definition) is 0. The Hall–Kier alpha value is -1.44. The largest absolute Gasteiger partial charge is 0.495 e. The van der Waals surface area contributed by atoms with Crippen molar-refractivity contribution in [1.82, 2.24) is 9.29 Å². The average molecular weight is 338 g/mol.